The van der Waals surface area contributed by atoms with Crippen molar-refractivity contribution in [1.82, 2.24) is 5.32 Å². The molecule has 0 bridgehead atoms. The Balaban J connectivity index is 2.29. The van der Waals surface area contributed by atoms with E-state index in [0.717, 1.165) is 0 Å². The molecule has 0 aliphatic carbocycles. The topological polar surface area (TPSA) is 58.6 Å². The van der Waals surface area contributed by atoms with Crippen LogP contribution in [0.4, 0.5) is 4.79 Å². The molecule has 6 heteroatoms. The van der Waals surface area contributed by atoms with Crippen LogP contribution >= 0.6 is 23.2 Å². The number of rotatable bonds is 5. The Bertz CT molecular complexity index is 351. The first-order chi connectivity index (χ1) is 7.58. The second kappa shape index (κ2) is 6.45. The van der Waals surface area contributed by atoms with Crippen LogP contribution in [0, 0.1) is 0 Å². The molecule has 0 radical (unpaired) electrons. The van der Waals surface area contributed by atoms with Crippen LogP contribution in [-0.2, 0) is 0 Å². The number of hydrogen-bond acceptors (Lipinski definition) is 2. The van der Waals surface area contributed by atoms with Crippen LogP contribution in [0.3, 0.4) is 0 Å². The summed E-state index contributed by atoms with van der Waals surface area (Å²) in [6, 6.07) is 4.91. The lowest BCUT2D eigenvalue weighted by atomic mass is 10.3. The summed E-state index contributed by atoms with van der Waals surface area (Å²) in [7, 11) is 0. The number of ether oxygens (including phenoxy) is 1. The summed E-state index contributed by atoms with van der Waals surface area (Å²) in [5.41, 5.74) is 0. The summed E-state index contributed by atoms with van der Waals surface area (Å²) in [6.07, 6.45) is -0.457. The first-order valence-electron chi connectivity index (χ1n) is 4.63. The Morgan fingerprint density at radius 3 is 2.50 bits per heavy atom. The average molecular weight is 264 g/mol. The van der Waals surface area contributed by atoms with E-state index in [0.29, 0.717) is 35.4 Å². The van der Waals surface area contributed by atoms with Gasteiger partial charge in [0.25, 0.3) is 0 Å². The fourth-order valence-electron chi connectivity index (χ4n) is 1.07. The van der Waals surface area contributed by atoms with Crippen molar-refractivity contribution in [2.24, 2.45) is 0 Å². The van der Waals surface area contributed by atoms with Crippen molar-refractivity contribution in [3.8, 4) is 5.75 Å². The molecule has 0 saturated carbocycles. The molecule has 4 nitrogen and oxygen atoms in total. The van der Waals surface area contributed by atoms with Crippen LogP contribution in [0.1, 0.15) is 6.42 Å². The molecule has 1 aromatic rings. The van der Waals surface area contributed by atoms with Gasteiger partial charge in [-0.2, -0.15) is 0 Å². The lowest BCUT2D eigenvalue weighted by Gasteiger charge is -2.06. The first-order valence-corrected chi connectivity index (χ1v) is 5.39. The van der Waals surface area contributed by atoms with Crippen LogP contribution in [0.5, 0.6) is 5.75 Å². The molecule has 88 valence electrons. The number of nitrogens with one attached hydrogen (secondary N) is 1. The van der Waals surface area contributed by atoms with Gasteiger partial charge in [-0.15, -0.1) is 0 Å². The summed E-state index contributed by atoms with van der Waals surface area (Å²) >= 11 is 11.6. The Hall–Kier alpha value is -1.13. The Kier molecular flexibility index (Phi) is 5.22. The Labute approximate surface area is 103 Å². The van der Waals surface area contributed by atoms with E-state index in [9.17, 15) is 4.79 Å². The van der Waals surface area contributed by atoms with Crippen LogP contribution in [0.25, 0.3) is 0 Å². The van der Waals surface area contributed by atoms with E-state index in [1.165, 1.54) is 0 Å². The molecule has 0 saturated heterocycles. The van der Waals surface area contributed by atoms with E-state index in [2.05, 4.69) is 5.32 Å². The van der Waals surface area contributed by atoms with Gasteiger partial charge in [0.05, 0.1) is 6.61 Å². The van der Waals surface area contributed by atoms with Gasteiger partial charge < -0.3 is 15.2 Å². The van der Waals surface area contributed by atoms with Crippen molar-refractivity contribution in [3.05, 3.63) is 28.2 Å². The summed E-state index contributed by atoms with van der Waals surface area (Å²) in [6.45, 7) is 0.751. The van der Waals surface area contributed by atoms with Gasteiger partial charge >= 0.3 is 6.09 Å². The van der Waals surface area contributed by atoms with Crippen molar-refractivity contribution in [3.63, 3.8) is 0 Å². The summed E-state index contributed by atoms with van der Waals surface area (Å²) < 4.78 is 5.35. The summed E-state index contributed by atoms with van der Waals surface area (Å²) in [4.78, 5) is 10.1. The molecule has 0 heterocycles. The Morgan fingerprint density at radius 1 is 1.31 bits per heavy atom. The van der Waals surface area contributed by atoms with Gasteiger partial charge in [-0.05, 0) is 24.6 Å². The fourth-order valence-corrected chi connectivity index (χ4v) is 1.58. The van der Waals surface area contributed by atoms with Crippen LogP contribution < -0.4 is 10.1 Å². The van der Waals surface area contributed by atoms with Gasteiger partial charge in [0, 0.05) is 16.6 Å². The van der Waals surface area contributed by atoms with Gasteiger partial charge in [-0.1, -0.05) is 23.2 Å². The van der Waals surface area contributed by atoms with Gasteiger partial charge in [-0.25, -0.2) is 4.79 Å². The molecule has 0 fully saturated rings. The standard InChI is InChI=1S/C10H11Cl2NO3/c11-7-4-8(12)6-9(5-7)16-3-1-2-13-10(14)15/h4-6,13H,1-3H2,(H,14,15). The molecule has 0 spiro atoms. The minimum atomic E-state index is -1.04. The molecule has 0 atom stereocenters. The number of halogens is 2. The molecule has 0 aromatic heterocycles. The maximum absolute atomic E-state index is 10.1. The van der Waals surface area contributed by atoms with Crippen LogP contribution in [-0.4, -0.2) is 24.4 Å². The third kappa shape index (κ3) is 5.09. The second-order valence-corrected chi connectivity index (χ2v) is 3.91. The maximum atomic E-state index is 10.1. The van der Waals surface area contributed by atoms with E-state index in [-0.39, 0.29) is 0 Å². The van der Waals surface area contributed by atoms with Crippen LogP contribution in [0.15, 0.2) is 18.2 Å². The third-order valence-corrected chi connectivity index (χ3v) is 2.14. The molecular weight excluding hydrogens is 253 g/mol. The molecular formula is C10H11Cl2NO3. The van der Waals surface area contributed by atoms with Gasteiger partial charge in [0.15, 0.2) is 0 Å². The molecule has 16 heavy (non-hydrogen) atoms. The average Bonchev–Trinajstić information content (AvgIpc) is 2.15. The lowest BCUT2D eigenvalue weighted by Crippen LogP contribution is -2.23. The predicted octanol–water partition coefficient (Wildman–Crippen LogP) is 3.03. The highest BCUT2D eigenvalue weighted by atomic mass is 35.5. The normalized spacial score (nSPS) is 9.88. The Morgan fingerprint density at radius 2 is 1.94 bits per heavy atom. The zero-order chi connectivity index (χ0) is 12.0. The number of benzene rings is 1. The van der Waals surface area contributed by atoms with Gasteiger partial charge in [0.2, 0.25) is 0 Å². The molecule has 0 aliphatic rings. The molecule has 0 aliphatic heterocycles. The zero-order valence-electron chi connectivity index (χ0n) is 8.37. The number of carbonyl (C=O) groups is 1. The zero-order valence-corrected chi connectivity index (χ0v) is 9.88. The smallest absolute Gasteiger partial charge is 0.404 e. The number of amides is 1. The molecule has 1 rings (SSSR count). The molecule has 0 unspecified atom stereocenters. The first kappa shape index (κ1) is 12.9. The van der Waals surface area contributed by atoms with Gasteiger partial charge in [-0.3, -0.25) is 0 Å². The van der Waals surface area contributed by atoms with Crippen molar-refractivity contribution in [1.29, 1.82) is 0 Å². The van der Waals surface area contributed by atoms with Crippen molar-refractivity contribution in [2.45, 2.75) is 6.42 Å². The number of hydrogen-bond donors (Lipinski definition) is 2. The van der Waals surface area contributed by atoms with Crippen LogP contribution in [0.2, 0.25) is 10.0 Å². The summed E-state index contributed by atoms with van der Waals surface area (Å²) in [5, 5.41) is 11.6. The quantitative estimate of drug-likeness (QED) is 0.803. The lowest BCUT2D eigenvalue weighted by molar-refractivity contribution is 0.193. The van der Waals surface area contributed by atoms with E-state index in [1.807, 2.05) is 0 Å². The fraction of sp³-hybridized carbons (Fsp3) is 0.300. The third-order valence-electron chi connectivity index (χ3n) is 1.70. The molecule has 1 amide bonds. The van der Waals surface area contributed by atoms with Gasteiger partial charge in [0.1, 0.15) is 5.75 Å². The highest BCUT2D eigenvalue weighted by molar-refractivity contribution is 6.34. The van der Waals surface area contributed by atoms with E-state index < -0.39 is 6.09 Å². The largest absolute Gasteiger partial charge is 0.493 e. The van der Waals surface area contributed by atoms with Crippen molar-refractivity contribution < 1.29 is 14.6 Å². The number of carboxylic acid groups (broad SMARTS) is 1. The molecule has 2 N–H and O–H groups in total. The highest BCUT2D eigenvalue weighted by Crippen LogP contribution is 2.24. The maximum Gasteiger partial charge on any atom is 0.404 e. The molecule has 1 aromatic carbocycles. The predicted molar refractivity (Wildman–Crippen MR) is 62.6 cm³/mol. The highest BCUT2D eigenvalue weighted by Gasteiger charge is 1.99. The van der Waals surface area contributed by atoms with Crippen molar-refractivity contribution >= 4 is 29.3 Å². The minimum Gasteiger partial charge on any atom is -0.493 e. The van der Waals surface area contributed by atoms with Crippen molar-refractivity contribution in [2.75, 3.05) is 13.2 Å². The second-order valence-electron chi connectivity index (χ2n) is 3.04. The SMILES string of the molecule is O=C(O)NCCCOc1cc(Cl)cc(Cl)c1. The van der Waals surface area contributed by atoms with E-state index in [1.54, 1.807) is 18.2 Å². The minimum absolute atomic E-state index is 0.351. The van der Waals surface area contributed by atoms with E-state index in [4.69, 9.17) is 33.0 Å². The monoisotopic (exact) mass is 263 g/mol. The summed E-state index contributed by atoms with van der Waals surface area (Å²) in [5.74, 6) is 0.577. The van der Waals surface area contributed by atoms with E-state index >= 15 is 0 Å².